The number of thiazole rings is 1. The van der Waals surface area contributed by atoms with Crippen molar-refractivity contribution < 1.29 is 9.32 Å². The minimum absolute atomic E-state index is 0.0833. The summed E-state index contributed by atoms with van der Waals surface area (Å²) < 4.78 is 5.61. The van der Waals surface area contributed by atoms with Crippen LogP contribution in [0.3, 0.4) is 0 Å². The third-order valence-corrected chi connectivity index (χ3v) is 7.59. The maximum absolute atomic E-state index is 12.7. The summed E-state index contributed by atoms with van der Waals surface area (Å²) in [6.07, 6.45) is 2.88. The van der Waals surface area contributed by atoms with Gasteiger partial charge in [-0.05, 0) is 56.0 Å². The van der Waals surface area contributed by atoms with E-state index in [1.54, 1.807) is 11.3 Å². The second-order valence-corrected chi connectivity index (χ2v) is 9.95. The van der Waals surface area contributed by atoms with Gasteiger partial charge in [0, 0.05) is 41.1 Å². The van der Waals surface area contributed by atoms with Crippen LogP contribution in [0.5, 0.6) is 0 Å². The molecule has 7 heteroatoms. The topological polar surface area (TPSA) is 72.1 Å². The summed E-state index contributed by atoms with van der Waals surface area (Å²) >= 11 is 1.74. The lowest BCUT2D eigenvalue weighted by atomic mass is 10.1. The molecule has 3 heterocycles. The maximum Gasteiger partial charge on any atom is 0.232 e. The zero-order valence-corrected chi connectivity index (χ0v) is 19.4. The molecular formula is C26H24N4O2S. The SMILES string of the molecule is Cc1ccc(N2C[C@H](c3nc(-c4cccc(-c5csc(C6CC6)n5)c4)no3)CC2=O)cc1C. The van der Waals surface area contributed by atoms with Crippen molar-refractivity contribution in [1.29, 1.82) is 0 Å². The molecule has 1 amide bonds. The van der Waals surface area contributed by atoms with Crippen molar-refractivity contribution in [1.82, 2.24) is 15.1 Å². The molecule has 2 aromatic heterocycles. The van der Waals surface area contributed by atoms with Crippen LogP contribution in [-0.2, 0) is 4.79 Å². The van der Waals surface area contributed by atoms with Gasteiger partial charge in [-0.25, -0.2) is 4.98 Å². The molecule has 1 saturated heterocycles. The summed E-state index contributed by atoms with van der Waals surface area (Å²) in [5, 5.41) is 7.58. The van der Waals surface area contributed by atoms with Gasteiger partial charge in [0.1, 0.15) is 0 Å². The van der Waals surface area contributed by atoms with Gasteiger partial charge in [-0.3, -0.25) is 4.79 Å². The average molecular weight is 457 g/mol. The van der Waals surface area contributed by atoms with Crippen LogP contribution < -0.4 is 4.90 Å². The molecule has 1 aliphatic carbocycles. The molecule has 1 atom stereocenters. The van der Waals surface area contributed by atoms with E-state index in [-0.39, 0.29) is 11.8 Å². The number of carbonyl (C=O) groups excluding carboxylic acids is 1. The molecular weight excluding hydrogens is 432 g/mol. The first-order valence-electron chi connectivity index (χ1n) is 11.3. The van der Waals surface area contributed by atoms with Crippen molar-refractivity contribution in [2.24, 2.45) is 0 Å². The molecule has 0 unspecified atom stereocenters. The Labute approximate surface area is 196 Å². The number of hydrogen-bond acceptors (Lipinski definition) is 6. The number of anilines is 1. The third-order valence-electron chi connectivity index (χ3n) is 6.58. The molecule has 33 heavy (non-hydrogen) atoms. The molecule has 6 nitrogen and oxygen atoms in total. The largest absolute Gasteiger partial charge is 0.339 e. The molecule has 4 aromatic rings. The van der Waals surface area contributed by atoms with Crippen molar-refractivity contribution in [3.63, 3.8) is 0 Å². The average Bonchev–Trinajstić information content (AvgIpc) is 3.22. The van der Waals surface area contributed by atoms with Crippen molar-refractivity contribution in [3.8, 4) is 22.6 Å². The zero-order valence-electron chi connectivity index (χ0n) is 18.6. The van der Waals surface area contributed by atoms with E-state index in [0.29, 0.717) is 30.6 Å². The summed E-state index contributed by atoms with van der Waals surface area (Å²) in [6, 6.07) is 14.2. The van der Waals surface area contributed by atoms with E-state index in [1.165, 1.54) is 29.0 Å². The van der Waals surface area contributed by atoms with Crippen molar-refractivity contribution >= 4 is 22.9 Å². The van der Waals surface area contributed by atoms with Gasteiger partial charge in [0.05, 0.1) is 16.6 Å². The zero-order chi connectivity index (χ0) is 22.5. The van der Waals surface area contributed by atoms with Gasteiger partial charge in [0.25, 0.3) is 0 Å². The fourth-order valence-corrected chi connectivity index (χ4v) is 5.29. The number of rotatable bonds is 5. The number of hydrogen-bond donors (Lipinski definition) is 0. The van der Waals surface area contributed by atoms with Crippen LogP contribution in [0.2, 0.25) is 0 Å². The highest BCUT2D eigenvalue weighted by Gasteiger charge is 2.35. The molecule has 0 spiro atoms. The maximum atomic E-state index is 12.7. The lowest BCUT2D eigenvalue weighted by Gasteiger charge is -2.17. The second kappa shape index (κ2) is 7.92. The predicted molar refractivity (Wildman–Crippen MR) is 128 cm³/mol. The number of aromatic nitrogens is 3. The minimum atomic E-state index is -0.108. The Balaban J connectivity index is 1.22. The Kier molecular flexibility index (Phi) is 4.87. The van der Waals surface area contributed by atoms with Crippen LogP contribution in [0.1, 0.15) is 53.1 Å². The molecule has 0 bridgehead atoms. The summed E-state index contributed by atoms with van der Waals surface area (Å²) in [7, 11) is 0. The fourth-order valence-electron chi connectivity index (χ4n) is 4.29. The molecule has 0 radical (unpaired) electrons. The molecule has 2 aliphatic rings. The van der Waals surface area contributed by atoms with Crippen LogP contribution >= 0.6 is 11.3 Å². The van der Waals surface area contributed by atoms with Crippen molar-refractivity contribution in [2.45, 2.75) is 44.9 Å². The van der Waals surface area contributed by atoms with E-state index in [0.717, 1.165) is 22.5 Å². The van der Waals surface area contributed by atoms with E-state index in [4.69, 9.17) is 9.51 Å². The molecule has 1 aliphatic heterocycles. The number of aryl methyl sites for hydroxylation is 2. The highest BCUT2D eigenvalue weighted by Crippen LogP contribution is 2.42. The molecule has 2 aromatic carbocycles. The standard InChI is InChI=1S/C26H24N4O2S/c1-15-6-9-21(10-16(15)2)30-13-20(12-23(30)31)25-28-24(29-32-25)19-5-3-4-18(11-19)22-14-33-26(27-22)17-7-8-17/h3-6,9-11,14,17,20H,7-8,12-13H2,1-2H3/t20-/m1/s1. The fraction of sp³-hybridized carbons (Fsp3) is 0.308. The number of amides is 1. The Bertz CT molecular complexity index is 1350. The second-order valence-electron chi connectivity index (χ2n) is 9.06. The minimum Gasteiger partial charge on any atom is -0.339 e. The van der Waals surface area contributed by atoms with E-state index >= 15 is 0 Å². The van der Waals surface area contributed by atoms with E-state index < -0.39 is 0 Å². The van der Waals surface area contributed by atoms with Crippen molar-refractivity contribution in [3.05, 3.63) is 69.9 Å². The van der Waals surface area contributed by atoms with Crippen LogP contribution in [0, 0.1) is 13.8 Å². The van der Waals surface area contributed by atoms with E-state index in [9.17, 15) is 4.79 Å². The highest BCUT2D eigenvalue weighted by molar-refractivity contribution is 7.10. The summed E-state index contributed by atoms with van der Waals surface area (Å²) in [5.41, 5.74) is 6.25. The van der Waals surface area contributed by atoms with Crippen LogP contribution in [-0.4, -0.2) is 27.6 Å². The van der Waals surface area contributed by atoms with Gasteiger partial charge in [0.2, 0.25) is 17.6 Å². The Morgan fingerprint density at radius 2 is 1.85 bits per heavy atom. The van der Waals surface area contributed by atoms with Gasteiger partial charge in [-0.1, -0.05) is 29.4 Å². The number of benzene rings is 2. The van der Waals surface area contributed by atoms with Gasteiger partial charge in [0.15, 0.2) is 0 Å². The van der Waals surface area contributed by atoms with E-state index in [1.807, 2.05) is 23.1 Å². The van der Waals surface area contributed by atoms with Crippen LogP contribution in [0.15, 0.2) is 52.4 Å². The molecule has 2 fully saturated rings. The third kappa shape index (κ3) is 3.86. The van der Waals surface area contributed by atoms with E-state index in [2.05, 4.69) is 53.6 Å². The summed E-state index contributed by atoms with van der Waals surface area (Å²) in [4.78, 5) is 24.0. The first kappa shape index (κ1) is 20.3. The predicted octanol–water partition coefficient (Wildman–Crippen LogP) is 5.87. The lowest BCUT2D eigenvalue weighted by molar-refractivity contribution is -0.117. The lowest BCUT2D eigenvalue weighted by Crippen LogP contribution is -2.24. The first-order valence-corrected chi connectivity index (χ1v) is 12.2. The quantitative estimate of drug-likeness (QED) is 0.375. The van der Waals surface area contributed by atoms with Gasteiger partial charge >= 0.3 is 0 Å². The number of nitrogens with zero attached hydrogens (tertiary/aromatic N) is 4. The smallest absolute Gasteiger partial charge is 0.232 e. The summed E-state index contributed by atoms with van der Waals surface area (Å²) in [5.74, 6) is 1.69. The molecule has 6 rings (SSSR count). The Morgan fingerprint density at radius 3 is 2.67 bits per heavy atom. The Morgan fingerprint density at radius 1 is 1.00 bits per heavy atom. The monoisotopic (exact) mass is 456 g/mol. The van der Waals surface area contributed by atoms with Crippen LogP contribution in [0.25, 0.3) is 22.6 Å². The summed E-state index contributed by atoms with van der Waals surface area (Å²) in [6.45, 7) is 4.68. The molecule has 166 valence electrons. The number of carbonyl (C=O) groups is 1. The molecule has 0 N–H and O–H groups in total. The highest BCUT2D eigenvalue weighted by atomic mass is 32.1. The van der Waals surface area contributed by atoms with Gasteiger partial charge in [-0.15, -0.1) is 11.3 Å². The van der Waals surface area contributed by atoms with Crippen molar-refractivity contribution in [2.75, 3.05) is 11.4 Å². The normalized spacial score (nSPS) is 18.3. The van der Waals surface area contributed by atoms with Gasteiger partial charge in [-0.2, -0.15) is 4.98 Å². The van der Waals surface area contributed by atoms with Gasteiger partial charge < -0.3 is 9.42 Å². The first-order chi connectivity index (χ1) is 16.0. The Hall–Kier alpha value is -3.32. The molecule has 1 saturated carbocycles. The van der Waals surface area contributed by atoms with Crippen LogP contribution in [0.4, 0.5) is 5.69 Å².